The van der Waals surface area contributed by atoms with E-state index in [4.69, 9.17) is 0 Å². The third-order valence-corrected chi connectivity index (χ3v) is 3.64. The highest BCUT2D eigenvalue weighted by atomic mass is 16.3. The minimum absolute atomic E-state index is 0.0657. The van der Waals surface area contributed by atoms with Crippen molar-refractivity contribution >= 4 is 5.91 Å². The first-order chi connectivity index (χ1) is 7.56. The Labute approximate surface area is 98.8 Å². The van der Waals surface area contributed by atoms with Crippen molar-refractivity contribution in [3.63, 3.8) is 0 Å². The summed E-state index contributed by atoms with van der Waals surface area (Å²) in [4.78, 5) is 13.7. The molecule has 1 unspecified atom stereocenters. The summed E-state index contributed by atoms with van der Waals surface area (Å²) in [6.07, 6.45) is 2.84. The number of aliphatic hydroxyl groups excluding tert-OH is 1. The number of carbonyl (C=O) groups is 1. The van der Waals surface area contributed by atoms with E-state index in [-0.39, 0.29) is 5.91 Å². The Kier molecular flexibility index (Phi) is 5.26. The van der Waals surface area contributed by atoms with E-state index in [0.29, 0.717) is 12.3 Å². The molecule has 0 bridgehead atoms. The average molecular weight is 227 g/mol. The van der Waals surface area contributed by atoms with E-state index >= 15 is 0 Å². The fraction of sp³-hybridized carbons (Fsp3) is 0.923. The number of piperidine rings is 1. The molecule has 1 amide bonds. The molecule has 0 aliphatic carbocycles. The molecular formula is C13H25NO2. The quantitative estimate of drug-likeness (QED) is 0.798. The zero-order chi connectivity index (χ0) is 12.1. The van der Waals surface area contributed by atoms with Crippen molar-refractivity contribution in [2.45, 2.75) is 52.6 Å². The predicted molar refractivity (Wildman–Crippen MR) is 65.1 cm³/mol. The van der Waals surface area contributed by atoms with Crippen molar-refractivity contribution in [2.24, 2.45) is 11.8 Å². The summed E-state index contributed by atoms with van der Waals surface area (Å²) in [6.45, 7) is 8.12. The van der Waals surface area contributed by atoms with Crippen LogP contribution >= 0.6 is 0 Å². The molecule has 1 heterocycles. The number of hydrogen-bond acceptors (Lipinski definition) is 2. The Morgan fingerprint density at radius 1 is 1.38 bits per heavy atom. The summed E-state index contributed by atoms with van der Waals surface area (Å²) in [7, 11) is 0. The van der Waals surface area contributed by atoms with Crippen LogP contribution in [0, 0.1) is 11.8 Å². The first-order valence-corrected chi connectivity index (χ1v) is 6.53. The van der Waals surface area contributed by atoms with Gasteiger partial charge in [0.15, 0.2) is 0 Å². The summed E-state index contributed by atoms with van der Waals surface area (Å²) in [5.41, 5.74) is 0. The maximum absolute atomic E-state index is 11.8. The van der Waals surface area contributed by atoms with Gasteiger partial charge in [0.05, 0.1) is 0 Å². The molecule has 1 atom stereocenters. The molecule has 3 nitrogen and oxygen atoms in total. The van der Waals surface area contributed by atoms with Crippen molar-refractivity contribution in [1.82, 2.24) is 4.90 Å². The molecule has 1 saturated heterocycles. The first kappa shape index (κ1) is 13.5. The van der Waals surface area contributed by atoms with Gasteiger partial charge in [-0.2, -0.15) is 0 Å². The van der Waals surface area contributed by atoms with E-state index in [1.54, 1.807) is 0 Å². The second-order valence-electron chi connectivity index (χ2n) is 5.21. The van der Waals surface area contributed by atoms with Gasteiger partial charge in [0.25, 0.3) is 5.91 Å². The highest BCUT2D eigenvalue weighted by molar-refractivity contribution is 5.80. The molecule has 0 saturated carbocycles. The van der Waals surface area contributed by atoms with Gasteiger partial charge in [-0.15, -0.1) is 0 Å². The van der Waals surface area contributed by atoms with Crippen LogP contribution in [0.25, 0.3) is 0 Å². The third-order valence-electron chi connectivity index (χ3n) is 3.64. The molecule has 0 radical (unpaired) electrons. The maximum Gasteiger partial charge on any atom is 0.251 e. The van der Waals surface area contributed by atoms with Crippen molar-refractivity contribution < 1.29 is 9.90 Å². The zero-order valence-corrected chi connectivity index (χ0v) is 10.8. The molecule has 1 fully saturated rings. The van der Waals surface area contributed by atoms with Crippen LogP contribution in [0.1, 0.15) is 46.5 Å². The Morgan fingerprint density at radius 2 is 1.94 bits per heavy atom. The zero-order valence-electron chi connectivity index (χ0n) is 10.8. The Balaban J connectivity index is 2.38. The normalized spacial score (nSPS) is 20.2. The number of nitrogens with zero attached hydrogens (tertiary/aromatic N) is 1. The van der Waals surface area contributed by atoms with Gasteiger partial charge in [-0.05, 0) is 31.1 Å². The molecule has 1 aliphatic heterocycles. The van der Waals surface area contributed by atoms with Gasteiger partial charge in [-0.25, -0.2) is 0 Å². The van der Waals surface area contributed by atoms with Gasteiger partial charge in [-0.1, -0.05) is 27.2 Å². The standard InChI is InChI=1S/C13H25NO2/c1-4-5-12(15)13(16)14-8-6-11(7-9-14)10(2)3/h10-12,15H,4-9H2,1-3H3. The van der Waals surface area contributed by atoms with E-state index < -0.39 is 6.10 Å². The van der Waals surface area contributed by atoms with Crippen LogP contribution in [-0.2, 0) is 4.79 Å². The maximum atomic E-state index is 11.8. The van der Waals surface area contributed by atoms with Crippen LogP contribution < -0.4 is 0 Å². The fourth-order valence-electron chi connectivity index (χ4n) is 2.39. The van der Waals surface area contributed by atoms with E-state index in [0.717, 1.165) is 38.3 Å². The van der Waals surface area contributed by atoms with E-state index in [2.05, 4.69) is 13.8 Å². The fourth-order valence-corrected chi connectivity index (χ4v) is 2.39. The predicted octanol–water partition coefficient (Wildman–Crippen LogP) is 2.04. The summed E-state index contributed by atoms with van der Waals surface area (Å²) in [5.74, 6) is 1.38. The number of hydrogen-bond donors (Lipinski definition) is 1. The number of likely N-dealkylation sites (tertiary alicyclic amines) is 1. The lowest BCUT2D eigenvalue weighted by atomic mass is 9.86. The minimum Gasteiger partial charge on any atom is -0.383 e. The highest BCUT2D eigenvalue weighted by Gasteiger charge is 2.27. The average Bonchev–Trinajstić information content (AvgIpc) is 2.28. The Morgan fingerprint density at radius 3 is 2.38 bits per heavy atom. The molecule has 0 spiro atoms. The van der Waals surface area contributed by atoms with Crippen LogP contribution in [0.15, 0.2) is 0 Å². The smallest absolute Gasteiger partial charge is 0.251 e. The number of aliphatic hydroxyl groups is 1. The molecule has 0 aromatic carbocycles. The number of rotatable bonds is 4. The summed E-state index contributed by atoms with van der Waals surface area (Å²) in [6, 6.07) is 0. The number of amides is 1. The minimum atomic E-state index is -0.777. The van der Waals surface area contributed by atoms with Gasteiger partial charge in [0.1, 0.15) is 6.10 Å². The topological polar surface area (TPSA) is 40.5 Å². The Hall–Kier alpha value is -0.570. The molecule has 94 valence electrons. The highest BCUT2D eigenvalue weighted by Crippen LogP contribution is 2.24. The SMILES string of the molecule is CCCC(O)C(=O)N1CCC(C(C)C)CC1. The lowest BCUT2D eigenvalue weighted by molar-refractivity contribution is -0.142. The van der Waals surface area contributed by atoms with Crippen molar-refractivity contribution in [3.05, 3.63) is 0 Å². The lowest BCUT2D eigenvalue weighted by Gasteiger charge is -2.34. The van der Waals surface area contributed by atoms with Crippen LogP contribution in [-0.4, -0.2) is 35.1 Å². The van der Waals surface area contributed by atoms with Gasteiger partial charge < -0.3 is 10.0 Å². The van der Waals surface area contributed by atoms with Crippen LogP contribution in [0.3, 0.4) is 0 Å². The monoisotopic (exact) mass is 227 g/mol. The van der Waals surface area contributed by atoms with E-state index in [1.807, 2.05) is 11.8 Å². The molecule has 1 aliphatic rings. The second-order valence-corrected chi connectivity index (χ2v) is 5.21. The van der Waals surface area contributed by atoms with Gasteiger partial charge in [-0.3, -0.25) is 4.79 Å². The molecule has 1 rings (SSSR count). The van der Waals surface area contributed by atoms with Crippen molar-refractivity contribution in [2.75, 3.05) is 13.1 Å². The molecule has 16 heavy (non-hydrogen) atoms. The molecule has 1 N–H and O–H groups in total. The first-order valence-electron chi connectivity index (χ1n) is 6.53. The van der Waals surface area contributed by atoms with E-state index in [1.165, 1.54) is 0 Å². The summed E-state index contributed by atoms with van der Waals surface area (Å²) < 4.78 is 0. The number of carbonyl (C=O) groups excluding carboxylic acids is 1. The van der Waals surface area contributed by atoms with Gasteiger partial charge in [0, 0.05) is 13.1 Å². The Bertz CT molecular complexity index is 220. The molecule has 0 aromatic heterocycles. The largest absolute Gasteiger partial charge is 0.383 e. The van der Waals surface area contributed by atoms with Gasteiger partial charge >= 0.3 is 0 Å². The van der Waals surface area contributed by atoms with Crippen molar-refractivity contribution in [1.29, 1.82) is 0 Å². The molecule has 3 heteroatoms. The molecule has 0 aromatic rings. The van der Waals surface area contributed by atoms with Gasteiger partial charge in [0.2, 0.25) is 0 Å². The molecular weight excluding hydrogens is 202 g/mol. The third kappa shape index (κ3) is 3.48. The van der Waals surface area contributed by atoms with Crippen LogP contribution in [0.4, 0.5) is 0 Å². The summed E-state index contributed by atoms with van der Waals surface area (Å²) in [5, 5.41) is 9.65. The van der Waals surface area contributed by atoms with Crippen molar-refractivity contribution in [3.8, 4) is 0 Å². The second kappa shape index (κ2) is 6.24. The van der Waals surface area contributed by atoms with Crippen LogP contribution in [0.5, 0.6) is 0 Å². The van der Waals surface area contributed by atoms with Crippen LogP contribution in [0.2, 0.25) is 0 Å². The van der Waals surface area contributed by atoms with E-state index in [9.17, 15) is 9.90 Å². The summed E-state index contributed by atoms with van der Waals surface area (Å²) >= 11 is 0. The lowest BCUT2D eigenvalue weighted by Crippen LogP contribution is -2.44.